The SMILES string of the molecule is c1cncc(-c2ccc(-c3ccc4c(c3)-c3ccccc3B3c5ccccc5-c5cc(-c6ccc7ccccc7c6)ccc5N34)cc2)c1. The second-order valence-electron chi connectivity index (χ2n) is 12.8. The third-order valence-corrected chi connectivity index (χ3v) is 10.2. The number of aromatic nitrogens is 1. The molecule has 0 aliphatic carbocycles. The Hall–Kier alpha value is -6.19. The van der Waals surface area contributed by atoms with Gasteiger partial charge in [0.25, 0.3) is 0 Å². The normalized spacial score (nSPS) is 12.5. The second kappa shape index (κ2) is 10.7. The predicted molar refractivity (Wildman–Crippen MR) is 203 cm³/mol. The molecule has 3 heterocycles. The van der Waals surface area contributed by atoms with Gasteiger partial charge >= 0.3 is 6.85 Å². The minimum atomic E-state index is 0.0912. The second-order valence-corrected chi connectivity index (χ2v) is 12.8. The summed E-state index contributed by atoms with van der Waals surface area (Å²) in [6, 6.07) is 60.3. The molecule has 0 unspecified atom stereocenters. The lowest BCUT2D eigenvalue weighted by atomic mass is 9.43. The van der Waals surface area contributed by atoms with Gasteiger partial charge in [0.05, 0.1) is 0 Å². The van der Waals surface area contributed by atoms with Crippen molar-refractivity contribution in [1.29, 1.82) is 0 Å². The molecule has 0 radical (unpaired) electrons. The summed E-state index contributed by atoms with van der Waals surface area (Å²) in [7, 11) is 0. The van der Waals surface area contributed by atoms with Crippen LogP contribution in [0.1, 0.15) is 0 Å². The van der Waals surface area contributed by atoms with Crippen LogP contribution in [0, 0.1) is 0 Å². The van der Waals surface area contributed by atoms with Crippen molar-refractivity contribution in [2.75, 3.05) is 4.81 Å². The molecule has 48 heavy (non-hydrogen) atoms. The number of hydrogen-bond acceptors (Lipinski definition) is 2. The predicted octanol–water partition coefficient (Wildman–Crippen LogP) is 10.1. The molecule has 0 fully saturated rings. The summed E-state index contributed by atoms with van der Waals surface area (Å²) in [5.74, 6) is 0. The van der Waals surface area contributed by atoms with Gasteiger partial charge in [0.15, 0.2) is 0 Å². The van der Waals surface area contributed by atoms with Gasteiger partial charge in [-0.1, -0.05) is 127 Å². The summed E-state index contributed by atoms with van der Waals surface area (Å²) < 4.78 is 0. The summed E-state index contributed by atoms with van der Waals surface area (Å²) in [6.07, 6.45) is 3.73. The summed E-state index contributed by atoms with van der Waals surface area (Å²) in [5, 5.41) is 2.53. The van der Waals surface area contributed by atoms with E-state index in [2.05, 4.69) is 168 Å². The van der Waals surface area contributed by atoms with Crippen molar-refractivity contribution in [3.63, 3.8) is 0 Å². The molecule has 8 aromatic rings. The minimum Gasteiger partial charge on any atom is -0.376 e. The Morgan fingerprint density at radius 1 is 0.375 bits per heavy atom. The van der Waals surface area contributed by atoms with Gasteiger partial charge < -0.3 is 4.81 Å². The zero-order valence-corrected chi connectivity index (χ0v) is 26.2. The molecule has 2 aliphatic heterocycles. The summed E-state index contributed by atoms with van der Waals surface area (Å²) in [5.41, 5.74) is 17.5. The maximum atomic E-state index is 4.30. The van der Waals surface area contributed by atoms with E-state index in [1.165, 1.54) is 83.1 Å². The molecule has 2 aliphatic rings. The van der Waals surface area contributed by atoms with Crippen LogP contribution in [0.15, 0.2) is 176 Å². The Labute approximate surface area is 280 Å². The smallest absolute Gasteiger partial charge is 0.329 e. The van der Waals surface area contributed by atoms with Gasteiger partial charge in [0.2, 0.25) is 0 Å². The highest BCUT2D eigenvalue weighted by Gasteiger charge is 2.42. The Kier molecular flexibility index (Phi) is 6.01. The van der Waals surface area contributed by atoms with E-state index in [-0.39, 0.29) is 6.85 Å². The van der Waals surface area contributed by atoms with Crippen LogP contribution in [0.2, 0.25) is 0 Å². The largest absolute Gasteiger partial charge is 0.376 e. The first-order valence-corrected chi connectivity index (χ1v) is 16.6. The highest BCUT2D eigenvalue weighted by molar-refractivity contribution is 6.92. The Bertz CT molecular complexity index is 2520. The van der Waals surface area contributed by atoms with Gasteiger partial charge in [-0.2, -0.15) is 0 Å². The van der Waals surface area contributed by atoms with E-state index < -0.39 is 0 Å². The molecule has 0 saturated carbocycles. The zero-order chi connectivity index (χ0) is 31.6. The molecule has 222 valence electrons. The Balaban J connectivity index is 1.13. The number of rotatable bonds is 3. The van der Waals surface area contributed by atoms with E-state index in [4.69, 9.17) is 0 Å². The lowest BCUT2D eigenvalue weighted by molar-refractivity contribution is 1.33. The Morgan fingerprint density at radius 3 is 1.54 bits per heavy atom. The molecular formula is C45H29BN2. The third kappa shape index (κ3) is 4.18. The molecule has 2 nitrogen and oxygen atoms in total. The first-order valence-electron chi connectivity index (χ1n) is 16.6. The van der Waals surface area contributed by atoms with Gasteiger partial charge in [0.1, 0.15) is 0 Å². The van der Waals surface area contributed by atoms with Gasteiger partial charge in [0, 0.05) is 34.9 Å². The topological polar surface area (TPSA) is 16.1 Å². The number of benzene rings is 7. The number of nitrogens with zero attached hydrogens (tertiary/aromatic N) is 2. The van der Waals surface area contributed by atoms with Crippen LogP contribution in [-0.2, 0) is 0 Å². The van der Waals surface area contributed by atoms with Crippen LogP contribution in [0.3, 0.4) is 0 Å². The molecule has 0 bridgehead atoms. The maximum absolute atomic E-state index is 4.30. The average molecular weight is 609 g/mol. The van der Waals surface area contributed by atoms with Crippen LogP contribution < -0.4 is 15.7 Å². The lowest BCUT2D eigenvalue weighted by Gasteiger charge is -2.43. The summed E-state index contributed by atoms with van der Waals surface area (Å²) >= 11 is 0. The van der Waals surface area contributed by atoms with Crippen molar-refractivity contribution in [3.8, 4) is 55.6 Å². The van der Waals surface area contributed by atoms with Gasteiger partial charge in [-0.05, 0) is 103 Å². The van der Waals surface area contributed by atoms with E-state index in [1.54, 1.807) is 0 Å². The van der Waals surface area contributed by atoms with E-state index >= 15 is 0 Å². The number of pyridine rings is 1. The number of anilines is 2. The summed E-state index contributed by atoms with van der Waals surface area (Å²) in [4.78, 5) is 6.88. The van der Waals surface area contributed by atoms with Crippen LogP contribution in [-0.4, -0.2) is 11.8 Å². The standard InChI is InChI=1S/C45H29BN2/c1-2-9-33-26-34(20-19-30(33)8-1)36-22-24-45-41(28-36)39-12-4-6-14-43(39)46-42-13-5-3-11-38(42)40-27-35(21-23-44(40)48(45)46)31-15-17-32(18-16-31)37-10-7-25-47-29-37/h1-29H. The Morgan fingerprint density at radius 2 is 0.896 bits per heavy atom. The molecular weight excluding hydrogens is 579 g/mol. The highest BCUT2D eigenvalue weighted by atomic mass is 15.1. The quantitative estimate of drug-likeness (QED) is 0.186. The van der Waals surface area contributed by atoms with Crippen molar-refractivity contribution in [3.05, 3.63) is 176 Å². The molecule has 10 rings (SSSR count). The first-order chi connectivity index (χ1) is 23.8. The molecule has 1 aromatic heterocycles. The van der Waals surface area contributed by atoms with Crippen LogP contribution in [0.25, 0.3) is 66.4 Å². The lowest BCUT2D eigenvalue weighted by Crippen LogP contribution is -2.59. The van der Waals surface area contributed by atoms with Gasteiger partial charge in [-0.25, -0.2) is 0 Å². The molecule has 0 atom stereocenters. The molecule has 0 amide bonds. The van der Waals surface area contributed by atoms with Crippen molar-refractivity contribution < 1.29 is 0 Å². The molecule has 7 aromatic carbocycles. The minimum absolute atomic E-state index is 0.0912. The fraction of sp³-hybridized carbons (Fsp3) is 0. The number of fused-ring (bicyclic) bond motifs is 12. The van der Waals surface area contributed by atoms with Crippen LogP contribution >= 0.6 is 0 Å². The molecule has 0 saturated heterocycles. The van der Waals surface area contributed by atoms with E-state index in [1.807, 2.05) is 18.5 Å². The van der Waals surface area contributed by atoms with E-state index in [0.29, 0.717) is 0 Å². The van der Waals surface area contributed by atoms with Crippen molar-refractivity contribution in [2.24, 2.45) is 0 Å². The fourth-order valence-corrected chi connectivity index (χ4v) is 7.86. The highest BCUT2D eigenvalue weighted by Crippen LogP contribution is 2.47. The van der Waals surface area contributed by atoms with Gasteiger partial charge in [-0.3, -0.25) is 4.98 Å². The van der Waals surface area contributed by atoms with Crippen molar-refractivity contribution in [1.82, 2.24) is 4.98 Å². The molecule has 0 N–H and O–H groups in total. The van der Waals surface area contributed by atoms with Crippen molar-refractivity contribution >= 4 is 39.9 Å². The molecule has 3 heteroatoms. The van der Waals surface area contributed by atoms with Crippen LogP contribution in [0.4, 0.5) is 11.4 Å². The van der Waals surface area contributed by atoms with Crippen LogP contribution in [0.5, 0.6) is 0 Å². The first kappa shape index (κ1) is 27.0. The fourth-order valence-electron chi connectivity index (χ4n) is 7.86. The van der Waals surface area contributed by atoms with E-state index in [0.717, 1.165) is 5.56 Å². The van der Waals surface area contributed by atoms with E-state index in [9.17, 15) is 0 Å². The third-order valence-electron chi connectivity index (χ3n) is 10.2. The monoisotopic (exact) mass is 608 g/mol. The van der Waals surface area contributed by atoms with Crippen molar-refractivity contribution in [2.45, 2.75) is 0 Å². The maximum Gasteiger partial charge on any atom is 0.329 e. The summed E-state index contributed by atoms with van der Waals surface area (Å²) in [6.45, 7) is 0.0912. The number of hydrogen-bond donors (Lipinski definition) is 0. The zero-order valence-electron chi connectivity index (χ0n) is 26.2. The molecule has 0 spiro atoms. The average Bonchev–Trinajstić information content (AvgIpc) is 3.17. The van der Waals surface area contributed by atoms with Gasteiger partial charge in [-0.15, -0.1) is 0 Å².